The Bertz CT molecular complexity index is 152. The van der Waals surface area contributed by atoms with Crippen LogP contribution in [0, 0.1) is 0 Å². The van der Waals surface area contributed by atoms with E-state index < -0.39 is 11.2 Å². The number of hydrogen-bond acceptors (Lipinski definition) is 3. The van der Waals surface area contributed by atoms with Crippen LogP contribution in [-0.2, 0) is 20.7 Å². The highest BCUT2D eigenvalue weighted by Crippen LogP contribution is 2.06. The van der Waals surface area contributed by atoms with Crippen LogP contribution in [0.4, 0.5) is 0 Å². The molecule has 2 unspecified atom stereocenters. The first-order chi connectivity index (χ1) is 6.06. The number of hydrogen-bond donors (Lipinski definition) is 0. The molecular weight excluding hydrogens is 256 g/mol. The Morgan fingerprint density at radius 2 is 2.23 bits per heavy atom. The summed E-state index contributed by atoms with van der Waals surface area (Å²) in [6.45, 7) is 2.01. The Balaban J connectivity index is 3.40. The van der Waals surface area contributed by atoms with Crippen molar-refractivity contribution in [3.63, 3.8) is 0 Å². The molecule has 0 saturated heterocycles. The number of ether oxygens (including phenoxy) is 1. The van der Waals surface area contributed by atoms with Crippen molar-refractivity contribution in [2.45, 2.75) is 24.6 Å². The number of rotatable bonds is 6. The third-order valence-corrected chi connectivity index (χ3v) is 3.31. The Morgan fingerprint density at radius 1 is 1.62 bits per heavy atom. The Hall–Kier alpha value is 0.260. The molecular formula is C8H15BrO3S. The summed E-state index contributed by atoms with van der Waals surface area (Å²) in [5.74, 6) is 0.760. The van der Waals surface area contributed by atoms with E-state index in [9.17, 15) is 9.35 Å². The zero-order valence-corrected chi connectivity index (χ0v) is 10.3. The van der Waals surface area contributed by atoms with Crippen LogP contribution >= 0.6 is 15.9 Å². The molecule has 13 heavy (non-hydrogen) atoms. The van der Waals surface area contributed by atoms with Crippen LogP contribution in [0.15, 0.2) is 0 Å². The SMILES string of the molecule is COC(=O)CC[S+]([O-])CCC(C)Br. The van der Waals surface area contributed by atoms with E-state index in [1.165, 1.54) is 7.11 Å². The van der Waals surface area contributed by atoms with Crippen LogP contribution in [0.1, 0.15) is 19.8 Å². The molecule has 0 heterocycles. The van der Waals surface area contributed by atoms with Gasteiger partial charge in [-0.05, 0) is 0 Å². The lowest BCUT2D eigenvalue weighted by molar-refractivity contribution is -0.140. The fourth-order valence-corrected chi connectivity index (χ4v) is 2.44. The highest BCUT2D eigenvalue weighted by molar-refractivity contribution is 9.09. The summed E-state index contributed by atoms with van der Waals surface area (Å²) in [7, 11) is 1.34. The van der Waals surface area contributed by atoms with Gasteiger partial charge < -0.3 is 9.29 Å². The first-order valence-corrected chi connectivity index (χ1v) is 6.52. The second-order valence-corrected chi connectivity index (χ2v) is 6.00. The zero-order valence-electron chi connectivity index (χ0n) is 7.92. The lowest BCUT2D eigenvalue weighted by Gasteiger charge is -2.10. The number of halogens is 1. The summed E-state index contributed by atoms with van der Waals surface area (Å²) in [6.07, 6.45) is 1.12. The Morgan fingerprint density at radius 3 is 2.69 bits per heavy atom. The fraction of sp³-hybridized carbons (Fsp3) is 0.875. The van der Waals surface area contributed by atoms with Crippen LogP contribution in [0.5, 0.6) is 0 Å². The van der Waals surface area contributed by atoms with Crippen molar-refractivity contribution in [3.05, 3.63) is 0 Å². The van der Waals surface area contributed by atoms with E-state index in [-0.39, 0.29) is 12.4 Å². The second kappa shape index (κ2) is 7.64. The van der Waals surface area contributed by atoms with Gasteiger partial charge in [-0.1, -0.05) is 34.0 Å². The molecule has 0 N–H and O–H groups in total. The molecule has 0 aliphatic carbocycles. The van der Waals surface area contributed by atoms with Gasteiger partial charge in [0.1, 0.15) is 11.5 Å². The highest BCUT2D eigenvalue weighted by Gasteiger charge is 2.11. The Kier molecular flexibility index (Phi) is 7.80. The van der Waals surface area contributed by atoms with Crippen LogP contribution < -0.4 is 0 Å². The third kappa shape index (κ3) is 8.59. The van der Waals surface area contributed by atoms with Crippen LogP contribution in [0.2, 0.25) is 0 Å². The van der Waals surface area contributed by atoms with Gasteiger partial charge in [0.2, 0.25) is 0 Å². The van der Waals surface area contributed by atoms with Gasteiger partial charge in [0.15, 0.2) is 0 Å². The summed E-state index contributed by atoms with van der Waals surface area (Å²) in [5.41, 5.74) is 0. The molecule has 0 aromatic rings. The molecule has 0 rings (SSSR count). The molecule has 5 heteroatoms. The zero-order chi connectivity index (χ0) is 10.3. The van der Waals surface area contributed by atoms with Crippen LogP contribution in [-0.4, -0.2) is 34.0 Å². The van der Waals surface area contributed by atoms with Crippen molar-refractivity contribution in [1.82, 2.24) is 0 Å². The predicted octanol–water partition coefficient (Wildman–Crippen LogP) is 1.47. The van der Waals surface area contributed by atoms with Crippen molar-refractivity contribution in [1.29, 1.82) is 0 Å². The van der Waals surface area contributed by atoms with Crippen molar-refractivity contribution in [2.24, 2.45) is 0 Å². The quantitative estimate of drug-likeness (QED) is 0.417. The average Bonchev–Trinajstić information content (AvgIpc) is 2.10. The normalized spacial score (nSPS) is 15.1. The summed E-state index contributed by atoms with van der Waals surface area (Å²) in [4.78, 5) is 11.1. The van der Waals surface area contributed by atoms with Gasteiger partial charge in [-0.25, -0.2) is 0 Å². The number of esters is 1. The topological polar surface area (TPSA) is 49.4 Å². The van der Waals surface area contributed by atoms with Crippen molar-refractivity contribution in [2.75, 3.05) is 18.6 Å². The lowest BCUT2D eigenvalue weighted by Crippen LogP contribution is -2.16. The summed E-state index contributed by atoms with van der Waals surface area (Å²) in [6, 6.07) is 0. The van der Waals surface area contributed by atoms with E-state index in [1.54, 1.807) is 0 Å². The maximum Gasteiger partial charge on any atom is 0.310 e. The summed E-state index contributed by atoms with van der Waals surface area (Å²) >= 11 is 2.48. The van der Waals surface area contributed by atoms with Crippen molar-refractivity contribution in [3.8, 4) is 0 Å². The molecule has 0 aromatic carbocycles. The molecule has 0 spiro atoms. The van der Waals surface area contributed by atoms with E-state index in [0.717, 1.165) is 6.42 Å². The van der Waals surface area contributed by atoms with E-state index >= 15 is 0 Å². The molecule has 0 bridgehead atoms. The minimum Gasteiger partial charge on any atom is -0.616 e. The molecule has 3 nitrogen and oxygen atoms in total. The van der Waals surface area contributed by atoms with Crippen LogP contribution in [0.3, 0.4) is 0 Å². The highest BCUT2D eigenvalue weighted by atomic mass is 79.9. The monoisotopic (exact) mass is 270 g/mol. The number of alkyl halides is 1. The standard InChI is InChI=1S/C8H15BrO3S/c1-7(9)3-5-13(11)6-4-8(10)12-2/h7H,3-6H2,1-2H3. The molecule has 0 aromatic heterocycles. The Labute approximate surface area is 90.5 Å². The minimum absolute atomic E-state index is 0.250. The number of carbonyl (C=O) groups is 1. The van der Waals surface area contributed by atoms with Gasteiger partial charge in [-0.15, -0.1) is 0 Å². The van der Waals surface area contributed by atoms with Crippen molar-refractivity contribution >= 4 is 33.1 Å². The van der Waals surface area contributed by atoms with Gasteiger partial charge >= 0.3 is 5.97 Å². The van der Waals surface area contributed by atoms with E-state index in [4.69, 9.17) is 0 Å². The molecule has 0 fully saturated rings. The number of methoxy groups -OCH3 is 1. The largest absolute Gasteiger partial charge is 0.616 e. The smallest absolute Gasteiger partial charge is 0.310 e. The molecule has 2 atom stereocenters. The predicted molar refractivity (Wildman–Crippen MR) is 57.5 cm³/mol. The third-order valence-electron chi connectivity index (χ3n) is 1.50. The fourth-order valence-electron chi connectivity index (χ4n) is 0.695. The first kappa shape index (κ1) is 13.3. The molecule has 78 valence electrons. The average molecular weight is 271 g/mol. The van der Waals surface area contributed by atoms with E-state index in [2.05, 4.69) is 20.7 Å². The molecule has 0 aliphatic rings. The summed E-state index contributed by atoms with van der Waals surface area (Å²) < 4.78 is 15.7. The van der Waals surface area contributed by atoms with Crippen LogP contribution in [0.25, 0.3) is 0 Å². The van der Waals surface area contributed by atoms with Crippen molar-refractivity contribution < 1.29 is 14.1 Å². The van der Waals surface area contributed by atoms with Gasteiger partial charge in [-0.2, -0.15) is 0 Å². The van der Waals surface area contributed by atoms with E-state index in [1.807, 2.05) is 6.92 Å². The number of carbonyl (C=O) groups excluding carboxylic acids is 1. The molecule has 0 amide bonds. The van der Waals surface area contributed by atoms with E-state index in [0.29, 0.717) is 16.3 Å². The lowest BCUT2D eigenvalue weighted by atomic mass is 10.4. The molecule has 0 radical (unpaired) electrons. The van der Waals surface area contributed by atoms with Gasteiger partial charge in [-0.3, -0.25) is 4.79 Å². The minimum atomic E-state index is -0.894. The van der Waals surface area contributed by atoms with Gasteiger partial charge in [0, 0.05) is 11.2 Å². The summed E-state index contributed by atoms with van der Waals surface area (Å²) in [5, 5.41) is 0. The maximum atomic E-state index is 11.3. The second-order valence-electron chi connectivity index (χ2n) is 2.74. The molecule has 0 aliphatic heterocycles. The maximum absolute atomic E-state index is 11.3. The molecule has 0 saturated carbocycles. The van der Waals surface area contributed by atoms with Gasteiger partial charge in [0.25, 0.3) is 0 Å². The first-order valence-electron chi connectivity index (χ1n) is 4.12. The van der Waals surface area contributed by atoms with Gasteiger partial charge in [0.05, 0.1) is 13.5 Å².